The molecule has 0 spiro atoms. The molecule has 0 saturated carbocycles. The standard InChI is InChI=1S/C27H36O8/c1-16(2)26(28)35-27(4,14-19-12-20(29-5)24(32-8)21(13-19)30-6)17(3)9-18-10-22(31-7)25-23(11-18)33-15-34-25/h10-13,16-17H,9,14-15H2,1-8H3/t17-,27+/m0/s1. The van der Waals surface area contributed by atoms with Crippen LogP contribution in [0.25, 0.3) is 0 Å². The lowest BCUT2D eigenvalue weighted by molar-refractivity contribution is -0.167. The molecule has 35 heavy (non-hydrogen) atoms. The molecule has 3 rings (SSSR count). The molecule has 1 aliphatic rings. The molecular formula is C27H36O8. The van der Waals surface area contributed by atoms with Crippen LogP contribution in [0.1, 0.15) is 38.8 Å². The molecular weight excluding hydrogens is 452 g/mol. The third kappa shape index (κ3) is 5.69. The van der Waals surface area contributed by atoms with Crippen LogP contribution >= 0.6 is 0 Å². The van der Waals surface area contributed by atoms with E-state index in [0.717, 1.165) is 11.1 Å². The van der Waals surface area contributed by atoms with Crippen molar-refractivity contribution < 1.29 is 38.0 Å². The highest BCUT2D eigenvalue weighted by Crippen LogP contribution is 2.44. The lowest BCUT2D eigenvalue weighted by Crippen LogP contribution is -2.42. The minimum atomic E-state index is -0.824. The highest BCUT2D eigenvalue weighted by Gasteiger charge is 2.37. The first-order valence-corrected chi connectivity index (χ1v) is 11.6. The molecule has 192 valence electrons. The van der Waals surface area contributed by atoms with Gasteiger partial charge in [0, 0.05) is 12.3 Å². The van der Waals surface area contributed by atoms with Crippen LogP contribution in [-0.2, 0) is 22.4 Å². The van der Waals surface area contributed by atoms with Crippen LogP contribution < -0.4 is 28.4 Å². The fraction of sp³-hybridized carbons (Fsp3) is 0.519. The predicted octanol–water partition coefficient (Wildman–Crippen LogP) is 4.83. The molecule has 2 atom stereocenters. The van der Waals surface area contributed by atoms with E-state index in [1.54, 1.807) is 28.4 Å². The maximum absolute atomic E-state index is 12.8. The first kappa shape index (κ1) is 26.3. The van der Waals surface area contributed by atoms with Crippen LogP contribution in [-0.4, -0.2) is 46.8 Å². The Morgan fingerprint density at radius 3 is 2.03 bits per heavy atom. The van der Waals surface area contributed by atoms with Gasteiger partial charge in [0.15, 0.2) is 23.0 Å². The second-order valence-corrected chi connectivity index (χ2v) is 9.24. The summed E-state index contributed by atoms with van der Waals surface area (Å²) in [4.78, 5) is 12.8. The quantitative estimate of drug-likeness (QED) is 0.416. The number of fused-ring (bicyclic) bond motifs is 1. The summed E-state index contributed by atoms with van der Waals surface area (Å²) in [6.07, 6.45) is 1.07. The van der Waals surface area contributed by atoms with Gasteiger partial charge in [0.25, 0.3) is 0 Å². The number of carbonyl (C=O) groups excluding carboxylic acids is 1. The predicted molar refractivity (Wildman–Crippen MR) is 131 cm³/mol. The molecule has 0 N–H and O–H groups in total. The third-order valence-electron chi connectivity index (χ3n) is 6.39. The van der Waals surface area contributed by atoms with Crippen molar-refractivity contribution in [1.82, 2.24) is 0 Å². The monoisotopic (exact) mass is 488 g/mol. The molecule has 0 amide bonds. The van der Waals surface area contributed by atoms with E-state index in [2.05, 4.69) is 6.92 Å². The molecule has 0 saturated heterocycles. The van der Waals surface area contributed by atoms with Crippen molar-refractivity contribution in [3.05, 3.63) is 35.4 Å². The van der Waals surface area contributed by atoms with Gasteiger partial charge in [-0.3, -0.25) is 4.79 Å². The molecule has 1 heterocycles. The summed E-state index contributed by atoms with van der Waals surface area (Å²) in [7, 11) is 6.32. The largest absolute Gasteiger partial charge is 0.493 e. The van der Waals surface area contributed by atoms with Gasteiger partial charge in [-0.25, -0.2) is 0 Å². The molecule has 0 radical (unpaired) electrons. The Hall–Kier alpha value is -3.29. The molecule has 0 fully saturated rings. The average molecular weight is 489 g/mol. The Labute approximate surface area is 207 Å². The van der Waals surface area contributed by atoms with Gasteiger partial charge < -0.3 is 33.2 Å². The average Bonchev–Trinajstić information content (AvgIpc) is 3.31. The van der Waals surface area contributed by atoms with Crippen LogP contribution in [0.5, 0.6) is 34.5 Å². The van der Waals surface area contributed by atoms with Gasteiger partial charge in [-0.2, -0.15) is 0 Å². The molecule has 8 nitrogen and oxygen atoms in total. The topological polar surface area (TPSA) is 81.7 Å². The van der Waals surface area contributed by atoms with E-state index in [0.29, 0.717) is 47.3 Å². The van der Waals surface area contributed by atoms with Crippen molar-refractivity contribution in [1.29, 1.82) is 0 Å². The number of benzene rings is 2. The molecule has 0 bridgehead atoms. The zero-order valence-electron chi connectivity index (χ0n) is 21.9. The van der Waals surface area contributed by atoms with E-state index in [1.165, 1.54) is 0 Å². The van der Waals surface area contributed by atoms with E-state index in [4.69, 9.17) is 33.2 Å². The molecule has 0 aliphatic carbocycles. The maximum Gasteiger partial charge on any atom is 0.308 e. The summed E-state index contributed by atoms with van der Waals surface area (Å²) in [6.45, 7) is 7.86. The smallest absolute Gasteiger partial charge is 0.308 e. The minimum absolute atomic E-state index is 0.0608. The van der Waals surface area contributed by atoms with Gasteiger partial charge in [0.2, 0.25) is 18.3 Å². The first-order valence-electron chi connectivity index (χ1n) is 11.6. The zero-order chi connectivity index (χ0) is 25.8. The number of esters is 1. The molecule has 8 heteroatoms. The SMILES string of the molecule is COc1cc(C[C@@](C)(OC(=O)C(C)C)[C@@H](C)Cc2cc(OC)c3c(c2)OCO3)cc(OC)c1OC. The fourth-order valence-corrected chi connectivity index (χ4v) is 4.17. The van der Waals surface area contributed by atoms with E-state index in [9.17, 15) is 4.79 Å². The van der Waals surface area contributed by atoms with E-state index >= 15 is 0 Å². The van der Waals surface area contributed by atoms with Crippen LogP contribution in [0.4, 0.5) is 0 Å². The van der Waals surface area contributed by atoms with Gasteiger partial charge in [-0.1, -0.05) is 20.8 Å². The number of ether oxygens (including phenoxy) is 7. The van der Waals surface area contributed by atoms with Crippen molar-refractivity contribution in [3.63, 3.8) is 0 Å². The van der Waals surface area contributed by atoms with Crippen molar-refractivity contribution in [2.24, 2.45) is 11.8 Å². The van der Waals surface area contributed by atoms with Crippen LogP contribution in [0.15, 0.2) is 24.3 Å². The van der Waals surface area contributed by atoms with Gasteiger partial charge in [0.05, 0.1) is 34.4 Å². The zero-order valence-corrected chi connectivity index (χ0v) is 21.9. The van der Waals surface area contributed by atoms with Crippen LogP contribution in [0.3, 0.4) is 0 Å². The summed E-state index contributed by atoms with van der Waals surface area (Å²) >= 11 is 0. The maximum atomic E-state index is 12.8. The second-order valence-electron chi connectivity index (χ2n) is 9.24. The number of hydrogen-bond acceptors (Lipinski definition) is 8. The summed E-state index contributed by atoms with van der Waals surface area (Å²) in [5.74, 6) is 2.91. The Bertz CT molecular complexity index is 1020. The minimum Gasteiger partial charge on any atom is -0.493 e. The summed E-state index contributed by atoms with van der Waals surface area (Å²) in [5, 5.41) is 0. The molecule has 1 aliphatic heterocycles. The highest BCUT2D eigenvalue weighted by molar-refractivity contribution is 5.72. The number of rotatable bonds is 11. The van der Waals surface area contributed by atoms with Crippen LogP contribution in [0.2, 0.25) is 0 Å². The van der Waals surface area contributed by atoms with Crippen molar-refractivity contribution in [2.45, 2.75) is 46.1 Å². The molecule has 2 aromatic carbocycles. The van der Waals surface area contributed by atoms with Crippen LogP contribution in [0, 0.1) is 11.8 Å². The van der Waals surface area contributed by atoms with Gasteiger partial charge in [-0.05, 0) is 48.7 Å². The molecule has 0 unspecified atom stereocenters. The summed E-state index contributed by atoms with van der Waals surface area (Å²) < 4.78 is 39.3. The molecule has 2 aromatic rings. The highest BCUT2D eigenvalue weighted by atomic mass is 16.7. The van der Waals surface area contributed by atoms with Crippen molar-refractivity contribution >= 4 is 5.97 Å². The van der Waals surface area contributed by atoms with Gasteiger partial charge >= 0.3 is 5.97 Å². The van der Waals surface area contributed by atoms with Gasteiger partial charge in [-0.15, -0.1) is 0 Å². The summed E-state index contributed by atoms with van der Waals surface area (Å²) in [6, 6.07) is 7.66. The second kappa shape index (κ2) is 11.0. The Kier molecular flexibility index (Phi) is 8.25. The fourth-order valence-electron chi connectivity index (χ4n) is 4.17. The van der Waals surface area contributed by atoms with Crippen molar-refractivity contribution in [2.75, 3.05) is 35.2 Å². The Morgan fingerprint density at radius 1 is 0.886 bits per heavy atom. The lowest BCUT2D eigenvalue weighted by atomic mass is 9.80. The van der Waals surface area contributed by atoms with Gasteiger partial charge in [0.1, 0.15) is 5.60 Å². The number of carbonyl (C=O) groups is 1. The number of methoxy groups -OCH3 is 4. The number of hydrogen-bond donors (Lipinski definition) is 0. The van der Waals surface area contributed by atoms with E-state index in [-0.39, 0.29) is 24.6 Å². The first-order chi connectivity index (χ1) is 16.6. The normalized spacial score (nSPS) is 14.8. The Balaban J connectivity index is 1.96. The Morgan fingerprint density at radius 2 is 1.49 bits per heavy atom. The third-order valence-corrected chi connectivity index (χ3v) is 6.39. The van der Waals surface area contributed by atoms with Crippen molar-refractivity contribution in [3.8, 4) is 34.5 Å². The molecule has 0 aromatic heterocycles. The lowest BCUT2D eigenvalue weighted by Gasteiger charge is -2.36. The van der Waals surface area contributed by atoms with E-state index in [1.807, 2.05) is 45.0 Å². The van der Waals surface area contributed by atoms with E-state index < -0.39 is 5.60 Å². The summed E-state index contributed by atoms with van der Waals surface area (Å²) in [5.41, 5.74) is 1.07.